The van der Waals surface area contributed by atoms with Crippen molar-refractivity contribution in [3.8, 4) is 11.5 Å². The predicted octanol–water partition coefficient (Wildman–Crippen LogP) is 2.98. The molecule has 0 aliphatic heterocycles. The average Bonchev–Trinajstić information content (AvgIpc) is 2.58. The first-order valence-corrected chi connectivity index (χ1v) is 7.33. The highest BCUT2D eigenvalue weighted by molar-refractivity contribution is 5.96. The topological polar surface area (TPSA) is 96.3 Å². The number of aromatic nitrogens is 2. The smallest absolute Gasteiger partial charge is 0.222 e. The van der Waals surface area contributed by atoms with Gasteiger partial charge in [-0.2, -0.15) is 4.98 Å². The molecule has 0 unspecified atom stereocenters. The molecule has 1 heterocycles. The maximum Gasteiger partial charge on any atom is 0.222 e. The molecule has 0 atom stereocenters. The zero-order valence-corrected chi connectivity index (χ0v) is 13.5. The number of nitrogens with two attached hydrogens (primary N) is 2. The summed E-state index contributed by atoms with van der Waals surface area (Å²) in [6.45, 7) is 0. The maximum absolute atomic E-state index is 5.94. The van der Waals surface area contributed by atoms with Crippen molar-refractivity contribution >= 4 is 34.8 Å². The van der Waals surface area contributed by atoms with E-state index >= 15 is 0 Å². The number of methoxy groups -OCH3 is 2. The Morgan fingerprint density at radius 3 is 2.46 bits per heavy atom. The predicted molar refractivity (Wildman–Crippen MR) is 96.8 cm³/mol. The lowest BCUT2D eigenvalue weighted by Gasteiger charge is -2.09. The highest BCUT2D eigenvalue weighted by atomic mass is 16.5. The Labute approximate surface area is 139 Å². The highest BCUT2D eigenvalue weighted by Crippen LogP contribution is 2.31. The SMILES string of the molecule is COc1cccc(/C=C/c2cc(OC)c3c(N)nc(N)nc3c2)c1. The van der Waals surface area contributed by atoms with Gasteiger partial charge in [0.15, 0.2) is 0 Å². The Bertz CT molecular complexity index is 922. The lowest BCUT2D eigenvalue weighted by atomic mass is 10.1. The molecular weight excluding hydrogens is 304 g/mol. The Balaban J connectivity index is 2.04. The molecule has 6 heteroatoms. The molecule has 0 radical (unpaired) electrons. The molecule has 0 amide bonds. The van der Waals surface area contributed by atoms with Crippen molar-refractivity contribution in [1.82, 2.24) is 9.97 Å². The van der Waals surface area contributed by atoms with Gasteiger partial charge in [-0.15, -0.1) is 0 Å². The number of nitrogens with zero attached hydrogens (tertiary/aromatic N) is 2. The van der Waals surface area contributed by atoms with Gasteiger partial charge in [0.1, 0.15) is 17.3 Å². The van der Waals surface area contributed by atoms with Crippen molar-refractivity contribution in [3.05, 3.63) is 47.5 Å². The minimum Gasteiger partial charge on any atom is -0.497 e. The summed E-state index contributed by atoms with van der Waals surface area (Å²) in [6.07, 6.45) is 3.95. The first kappa shape index (κ1) is 15.6. The van der Waals surface area contributed by atoms with Gasteiger partial charge in [-0.1, -0.05) is 24.3 Å². The maximum atomic E-state index is 5.94. The van der Waals surface area contributed by atoms with Gasteiger partial charge in [0, 0.05) is 0 Å². The van der Waals surface area contributed by atoms with E-state index in [1.54, 1.807) is 14.2 Å². The molecule has 3 aromatic rings. The van der Waals surface area contributed by atoms with Crippen LogP contribution in [0.1, 0.15) is 11.1 Å². The molecule has 0 spiro atoms. The van der Waals surface area contributed by atoms with Crippen molar-refractivity contribution in [2.45, 2.75) is 0 Å². The van der Waals surface area contributed by atoms with Gasteiger partial charge in [0.25, 0.3) is 0 Å². The van der Waals surface area contributed by atoms with Crippen molar-refractivity contribution in [1.29, 1.82) is 0 Å². The van der Waals surface area contributed by atoms with Crippen molar-refractivity contribution in [3.63, 3.8) is 0 Å². The van der Waals surface area contributed by atoms with E-state index in [-0.39, 0.29) is 5.95 Å². The van der Waals surface area contributed by atoms with E-state index in [2.05, 4.69) is 9.97 Å². The van der Waals surface area contributed by atoms with E-state index in [0.717, 1.165) is 16.9 Å². The third-order valence-corrected chi connectivity index (χ3v) is 3.61. The second-order valence-corrected chi connectivity index (χ2v) is 5.19. The molecule has 6 nitrogen and oxygen atoms in total. The second-order valence-electron chi connectivity index (χ2n) is 5.19. The van der Waals surface area contributed by atoms with Gasteiger partial charge in [0.2, 0.25) is 5.95 Å². The van der Waals surface area contributed by atoms with Crippen LogP contribution in [0.5, 0.6) is 11.5 Å². The van der Waals surface area contributed by atoms with Crippen LogP contribution in [-0.2, 0) is 0 Å². The summed E-state index contributed by atoms with van der Waals surface area (Å²) in [5.41, 5.74) is 14.2. The Morgan fingerprint density at radius 2 is 1.71 bits per heavy atom. The zero-order valence-electron chi connectivity index (χ0n) is 13.5. The van der Waals surface area contributed by atoms with Crippen LogP contribution >= 0.6 is 0 Å². The Kier molecular flexibility index (Phi) is 4.20. The third-order valence-electron chi connectivity index (χ3n) is 3.61. The average molecular weight is 322 g/mol. The molecule has 0 aliphatic carbocycles. The molecule has 3 rings (SSSR count). The summed E-state index contributed by atoms with van der Waals surface area (Å²) in [5, 5.41) is 0.658. The number of hydrogen-bond acceptors (Lipinski definition) is 6. The van der Waals surface area contributed by atoms with Crippen molar-refractivity contribution in [2.24, 2.45) is 0 Å². The number of ether oxygens (including phenoxy) is 2. The minimum absolute atomic E-state index is 0.135. The second kappa shape index (κ2) is 6.45. The monoisotopic (exact) mass is 322 g/mol. The van der Waals surface area contributed by atoms with E-state index in [1.165, 1.54) is 0 Å². The molecule has 4 N–H and O–H groups in total. The molecule has 24 heavy (non-hydrogen) atoms. The first-order chi connectivity index (χ1) is 11.6. The van der Waals surface area contributed by atoms with Gasteiger partial charge >= 0.3 is 0 Å². The Hall–Kier alpha value is -3.28. The number of hydrogen-bond donors (Lipinski definition) is 2. The van der Waals surface area contributed by atoms with E-state index in [0.29, 0.717) is 22.5 Å². The van der Waals surface area contributed by atoms with Gasteiger partial charge in [-0.05, 0) is 35.4 Å². The quantitative estimate of drug-likeness (QED) is 0.717. The van der Waals surface area contributed by atoms with Crippen LogP contribution in [0.2, 0.25) is 0 Å². The Morgan fingerprint density at radius 1 is 0.917 bits per heavy atom. The number of nitrogen functional groups attached to an aromatic ring is 2. The number of benzene rings is 2. The molecule has 2 aromatic carbocycles. The number of anilines is 2. The summed E-state index contributed by atoms with van der Waals surface area (Å²) in [4.78, 5) is 8.23. The molecule has 1 aromatic heterocycles. The van der Waals surface area contributed by atoms with Crippen LogP contribution in [0.15, 0.2) is 36.4 Å². The van der Waals surface area contributed by atoms with E-state index in [4.69, 9.17) is 20.9 Å². The normalized spacial score (nSPS) is 11.1. The third kappa shape index (κ3) is 3.08. The van der Waals surface area contributed by atoms with E-state index < -0.39 is 0 Å². The molecule has 0 saturated carbocycles. The van der Waals surface area contributed by atoms with E-state index in [1.807, 2.05) is 48.6 Å². The standard InChI is InChI=1S/C18H18N4O2/c1-23-13-5-3-4-11(8-13)6-7-12-9-14-16(15(10-12)24-2)17(19)22-18(20)21-14/h3-10H,1-2H3,(H4,19,20,21,22)/b7-6+. The summed E-state index contributed by atoms with van der Waals surface area (Å²) >= 11 is 0. The zero-order chi connectivity index (χ0) is 17.1. The van der Waals surface area contributed by atoms with Crippen LogP contribution < -0.4 is 20.9 Å². The van der Waals surface area contributed by atoms with Gasteiger partial charge in [0.05, 0.1) is 25.1 Å². The fourth-order valence-corrected chi connectivity index (χ4v) is 2.49. The number of rotatable bonds is 4. The summed E-state index contributed by atoms with van der Waals surface area (Å²) < 4.78 is 10.7. The number of fused-ring (bicyclic) bond motifs is 1. The lowest BCUT2D eigenvalue weighted by molar-refractivity contribution is 0.414. The van der Waals surface area contributed by atoms with Crippen LogP contribution in [0.4, 0.5) is 11.8 Å². The summed E-state index contributed by atoms with van der Waals surface area (Å²) in [5.74, 6) is 1.85. The lowest BCUT2D eigenvalue weighted by Crippen LogP contribution is -2.02. The van der Waals surface area contributed by atoms with Crippen LogP contribution in [0.3, 0.4) is 0 Å². The first-order valence-electron chi connectivity index (χ1n) is 7.33. The minimum atomic E-state index is 0.135. The molecular formula is C18H18N4O2. The van der Waals surface area contributed by atoms with Crippen molar-refractivity contribution in [2.75, 3.05) is 25.7 Å². The van der Waals surface area contributed by atoms with Gasteiger partial charge in [-0.3, -0.25) is 0 Å². The molecule has 0 fully saturated rings. The van der Waals surface area contributed by atoms with E-state index in [9.17, 15) is 0 Å². The van der Waals surface area contributed by atoms with Crippen molar-refractivity contribution < 1.29 is 9.47 Å². The summed E-state index contributed by atoms with van der Waals surface area (Å²) in [6, 6.07) is 11.6. The van der Waals surface area contributed by atoms with Crippen LogP contribution in [-0.4, -0.2) is 24.2 Å². The molecule has 0 saturated heterocycles. The highest BCUT2D eigenvalue weighted by Gasteiger charge is 2.10. The molecule has 122 valence electrons. The molecule has 0 bridgehead atoms. The van der Waals surface area contributed by atoms with Crippen LogP contribution in [0, 0.1) is 0 Å². The van der Waals surface area contributed by atoms with Gasteiger partial charge in [-0.25, -0.2) is 4.98 Å². The summed E-state index contributed by atoms with van der Waals surface area (Å²) in [7, 11) is 3.23. The van der Waals surface area contributed by atoms with Crippen LogP contribution in [0.25, 0.3) is 23.1 Å². The molecule has 0 aliphatic rings. The largest absolute Gasteiger partial charge is 0.497 e. The van der Waals surface area contributed by atoms with Gasteiger partial charge < -0.3 is 20.9 Å². The fourth-order valence-electron chi connectivity index (χ4n) is 2.49. The fraction of sp³-hybridized carbons (Fsp3) is 0.111.